The van der Waals surface area contributed by atoms with E-state index in [1.807, 2.05) is 0 Å². The SMILES string of the molecule is CCOC(=O)CCC(=O)C(Cl)=C(Cl)Cl. The summed E-state index contributed by atoms with van der Waals surface area (Å²) in [4.78, 5) is 22.0. The second kappa shape index (κ2) is 7.10. The number of hydrogen-bond acceptors (Lipinski definition) is 3. The van der Waals surface area contributed by atoms with Crippen molar-refractivity contribution in [3.05, 3.63) is 9.52 Å². The van der Waals surface area contributed by atoms with Crippen LogP contribution >= 0.6 is 34.8 Å². The number of halogens is 3. The van der Waals surface area contributed by atoms with E-state index < -0.39 is 11.8 Å². The quantitative estimate of drug-likeness (QED) is 0.563. The molecule has 0 saturated carbocycles. The Morgan fingerprint density at radius 1 is 1.14 bits per heavy atom. The van der Waals surface area contributed by atoms with E-state index in [1.54, 1.807) is 6.92 Å². The Hall–Kier alpha value is -0.250. The number of ether oxygens (including phenoxy) is 1. The number of hydrogen-bond donors (Lipinski definition) is 0. The molecule has 80 valence electrons. The van der Waals surface area contributed by atoms with E-state index in [0.717, 1.165) is 0 Å². The van der Waals surface area contributed by atoms with Crippen LogP contribution in [0.1, 0.15) is 19.8 Å². The molecule has 0 fully saturated rings. The maximum atomic E-state index is 11.1. The summed E-state index contributed by atoms with van der Waals surface area (Å²) in [5.74, 6) is -0.921. The van der Waals surface area contributed by atoms with Crippen molar-refractivity contribution in [1.82, 2.24) is 0 Å². The normalized spacial score (nSPS) is 9.43. The fourth-order valence-corrected chi connectivity index (χ4v) is 0.969. The highest BCUT2D eigenvalue weighted by atomic mass is 35.5. The molecule has 3 nitrogen and oxygen atoms in total. The van der Waals surface area contributed by atoms with Crippen molar-refractivity contribution in [2.75, 3.05) is 6.61 Å². The first-order chi connectivity index (χ1) is 6.49. The maximum Gasteiger partial charge on any atom is 0.306 e. The molecule has 0 unspecified atom stereocenters. The Morgan fingerprint density at radius 2 is 1.71 bits per heavy atom. The van der Waals surface area contributed by atoms with Crippen LogP contribution in [0.5, 0.6) is 0 Å². The standard InChI is InChI=1S/C8H9Cl3O3/c1-2-14-6(13)4-3-5(12)7(9)8(10)11/h2-4H2,1H3. The molecule has 0 aromatic heterocycles. The van der Waals surface area contributed by atoms with Gasteiger partial charge in [0.1, 0.15) is 9.52 Å². The van der Waals surface area contributed by atoms with Gasteiger partial charge in [0.25, 0.3) is 0 Å². The van der Waals surface area contributed by atoms with E-state index in [0.29, 0.717) is 0 Å². The van der Waals surface area contributed by atoms with Gasteiger partial charge in [0.15, 0.2) is 5.78 Å². The third-order valence-corrected chi connectivity index (χ3v) is 2.24. The van der Waals surface area contributed by atoms with E-state index in [4.69, 9.17) is 34.8 Å². The number of ketones is 1. The van der Waals surface area contributed by atoms with E-state index in [1.165, 1.54) is 0 Å². The van der Waals surface area contributed by atoms with Crippen molar-refractivity contribution in [3.63, 3.8) is 0 Å². The molecule has 0 saturated heterocycles. The molecular weight excluding hydrogens is 250 g/mol. The largest absolute Gasteiger partial charge is 0.466 e. The van der Waals surface area contributed by atoms with Gasteiger partial charge in [0.2, 0.25) is 0 Å². The summed E-state index contributed by atoms with van der Waals surface area (Å²) in [6.07, 6.45) is -0.0788. The third kappa shape index (κ3) is 5.47. The van der Waals surface area contributed by atoms with Crippen molar-refractivity contribution < 1.29 is 14.3 Å². The Bertz CT molecular complexity index is 257. The Balaban J connectivity index is 3.98. The van der Waals surface area contributed by atoms with Gasteiger partial charge >= 0.3 is 5.97 Å². The molecule has 0 aliphatic carbocycles. The lowest BCUT2D eigenvalue weighted by Gasteiger charge is -2.00. The fraction of sp³-hybridized carbons (Fsp3) is 0.500. The van der Waals surface area contributed by atoms with E-state index in [2.05, 4.69) is 4.74 Å². The molecule has 0 rings (SSSR count). The summed E-state index contributed by atoms with van der Waals surface area (Å²) >= 11 is 16.0. The van der Waals surface area contributed by atoms with Crippen LogP contribution in [0.4, 0.5) is 0 Å². The number of carbonyl (C=O) groups is 2. The molecule has 14 heavy (non-hydrogen) atoms. The fourth-order valence-electron chi connectivity index (χ4n) is 0.664. The Morgan fingerprint density at radius 3 is 2.14 bits per heavy atom. The van der Waals surface area contributed by atoms with Gasteiger partial charge in [-0.05, 0) is 6.92 Å². The van der Waals surface area contributed by atoms with Crippen molar-refractivity contribution >= 4 is 46.6 Å². The molecule has 6 heteroatoms. The second-order valence-electron chi connectivity index (χ2n) is 2.30. The average Bonchev–Trinajstić information content (AvgIpc) is 2.13. The lowest BCUT2D eigenvalue weighted by molar-refractivity contribution is -0.144. The molecule has 0 aliphatic heterocycles. The molecule has 0 radical (unpaired) electrons. The highest BCUT2D eigenvalue weighted by Crippen LogP contribution is 2.20. The number of esters is 1. The molecule has 0 amide bonds. The van der Waals surface area contributed by atoms with Gasteiger partial charge in [0.05, 0.1) is 13.0 Å². The van der Waals surface area contributed by atoms with Gasteiger partial charge < -0.3 is 4.74 Å². The van der Waals surface area contributed by atoms with Crippen LogP contribution in [0.25, 0.3) is 0 Å². The number of rotatable bonds is 5. The minimum absolute atomic E-state index is 0.0239. The molecule has 0 aromatic carbocycles. The third-order valence-electron chi connectivity index (χ3n) is 1.27. The van der Waals surface area contributed by atoms with Crippen LogP contribution in [0, 0.1) is 0 Å². The topological polar surface area (TPSA) is 43.4 Å². The van der Waals surface area contributed by atoms with E-state index in [-0.39, 0.29) is 29.0 Å². The zero-order valence-corrected chi connectivity index (χ0v) is 9.75. The zero-order valence-electron chi connectivity index (χ0n) is 7.48. The first-order valence-electron chi connectivity index (χ1n) is 3.88. The van der Waals surface area contributed by atoms with Gasteiger partial charge in [-0.25, -0.2) is 0 Å². The number of Topliss-reactive ketones (excluding diaryl/α,β-unsaturated/α-hetero) is 1. The minimum atomic E-state index is -0.472. The highest BCUT2D eigenvalue weighted by Gasteiger charge is 2.13. The lowest BCUT2D eigenvalue weighted by Crippen LogP contribution is -2.07. The van der Waals surface area contributed by atoms with Crippen LogP contribution < -0.4 is 0 Å². The Kier molecular flexibility index (Phi) is 6.97. The van der Waals surface area contributed by atoms with Crippen LogP contribution in [-0.4, -0.2) is 18.4 Å². The van der Waals surface area contributed by atoms with Crippen LogP contribution in [-0.2, 0) is 14.3 Å². The van der Waals surface area contributed by atoms with E-state index >= 15 is 0 Å². The van der Waals surface area contributed by atoms with Gasteiger partial charge in [0, 0.05) is 6.42 Å². The minimum Gasteiger partial charge on any atom is -0.466 e. The first kappa shape index (κ1) is 13.8. The molecule has 0 N–H and O–H groups in total. The summed E-state index contributed by atoms with van der Waals surface area (Å²) in [5, 5.41) is -0.252. The van der Waals surface area contributed by atoms with Crippen LogP contribution in [0.3, 0.4) is 0 Å². The van der Waals surface area contributed by atoms with E-state index in [9.17, 15) is 9.59 Å². The number of allylic oxidation sites excluding steroid dienone is 1. The van der Waals surface area contributed by atoms with Crippen LogP contribution in [0.15, 0.2) is 9.52 Å². The summed E-state index contributed by atoms with van der Waals surface area (Å²) < 4.78 is 4.33. The molecule has 0 bridgehead atoms. The van der Waals surface area contributed by atoms with Gasteiger partial charge in [-0.2, -0.15) is 0 Å². The molecule has 0 aliphatic rings. The first-order valence-corrected chi connectivity index (χ1v) is 5.02. The maximum absolute atomic E-state index is 11.1. The Labute approximate surface area is 97.0 Å². The molecule has 0 spiro atoms. The van der Waals surface area contributed by atoms with Gasteiger partial charge in [-0.1, -0.05) is 34.8 Å². The number of carbonyl (C=O) groups excluding carboxylic acids is 2. The average molecular weight is 260 g/mol. The smallest absolute Gasteiger partial charge is 0.306 e. The van der Waals surface area contributed by atoms with Gasteiger partial charge in [-0.3, -0.25) is 9.59 Å². The van der Waals surface area contributed by atoms with Crippen LogP contribution in [0.2, 0.25) is 0 Å². The lowest BCUT2D eigenvalue weighted by atomic mass is 10.2. The zero-order chi connectivity index (χ0) is 11.1. The van der Waals surface area contributed by atoms with Crippen molar-refractivity contribution in [3.8, 4) is 0 Å². The molecule has 0 aromatic rings. The predicted molar refractivity (Wildman–Crippen MR) is 55.5 cm³/mol. The monoisotopic (exact) mass is 258 g/mol. The summed E-state index contributed by atoms with van der Waals surface area (Å²) in [6.45, 7) is 1.97. The molecule has 0 heterocycles. The van der Waals surface area contributed by atoms with Crippen molar-refractivity contribution in [2.24, 2.45) is 0 Å². The van der Waals surface area contributed by atoms with Gasteiger partial charge in [-0.15, -0.1) is 0 Å². The molecule has 0 atom stereocenters. The van der Waals surface area contributed by atoms with Crippen molar-refractivity contribution in [2.45, 2.75) is 19.8 Å². The second-order valence-corrected chi connectivity index (χ2v) is 3.63. The summed E-state index contributed by atoms with van der Waals surface area (Å²) in [5.41, 5.74) is 0. The summed E-state index contributed by atoms with van der Waals surface area (Å²) in [7, 11) is 0. The predicted octanol–water partition coefficient (Wildman–Crippen LogP) is 2.78. The molecular formula is C8H9Cl3O3. The van der Waals surface area contributed by atoms with Crippen molar-refractivity contribution in [1.29, 1.82) is 0 Å². The summed E-state index contributed by atoms with van der Waals surface area (Å²) in [6, 6.07) is 0. The highest BCUT2D eigenvalue weighted by molar-refractivity contribution is 6.62.